The van der Waals surface area contributed by atoms with Crippen LogP contribution in [0.15, 0.2) is 267 Å². The van der Waals surface area contributed by atoms with Crippen LogP contribution in [0.1, 0.15) is 0 Å². The topological polar surface area (TPSA) is 8.17 Å². The molecule has 12 aromatic rings. The SMILES string of the molecule is c1ccc(-c2ccc(N(c3ccc(-c4ccc(-c5cccc6ccccc56)cc4)cc3)c3cccc(-c4ccccc4-c4cccc5c4c4ccccc4n5-c4ccccc4)c3)cc2)cc1. The Kier molecular flexibility index (Phi) is 9.89. The Hall–Kier alpha value is -8.72. The van der Waals surface area contributed by atoms with E-state index in [-0.39, 0.29) is 0 Å². The molecule has 2 heteroatoms. The third-order valence-electron chi connectivity index (χ3n) is 13.0. The van der Waals surface area contributed by atoms with Crippen molar-refractivity contribution in [1.82, 2.24) is 4.57 Å². The van der Waals surface area contributed by atoms with Gasteiger partial charge in [0.25, 0.3) is 0 Å². The van der Waals surface area contributed by atoms with Crippen molar-refractivity contribution in [1.29, 1.82) is 0 Å². The minimum absolute atomic E-state index is 1.08. The lowest BCUT2D eigenvalue weighted by Gasteiger charge is -2.26. The van der Waals surface area contributed by atoms with Gasteiger partial charge in [0.15, 0.2) is 0 Å². The molecule has 0 fully saturated rings. The quantitative estimate of drug-likeness (QED) is 0.141. The number of nitrogens with zero attached hydrogens (tertiary/aromatic N) is 2. The van der Waals surface area contributed by atoms with Gasteiger partial charge in [0.2, 0.25) is 0 Å². The zero-order valence-electron chi connectivity index (χ0n) is 36.3. The van der Waals surface area contributed by atoms with Crippen molar-refractivity contribution >= 4 is 49.6 Å². The highest BCUT2D eigenvalue weighted by Gasteiger charge is 2.20. The molecule has 0 saturated carbocycles. The van der Waals surface area contributed by atoms with Crippen LogP contribution in [0, 0.1) is 0 Å². The molecule has 66 heavy (non-hydrogen) atoms. The Balaban J connectivity index is 0.944. The van der Waals surface area contributed by atoms with Gasteiger partial charge in [0.1, 0.15) is 0 Å². The maximum atomic E-state index is 2.39. The second-order valence-electron chi connectivity index (χ2n) is 16.9. The van der Waals surface area contributed by atoms with Gasteiger partial charge >= 0.3 is 0 Å². The molecule has 1 aromatic heterocycles. The normalized spacial score (nSPS) is 11.3. The van der Waals surface area contributed by atoms with Crippen LogP contribution in [0.2, 0.25) is 0 Å². The smallest absolute Gasteiger partial charge is 0.0547 e. The second-order valence-corrected chi connectivity index (χ2v) is 16.9. The number of anilines is 3. The van der Waals surface area contributed by atoms with Gasteiger partial charge in [-0.25, -0.2) is 0 Å². The Morgan fingerprint density at radius 2 is 0.727 bits per heavy atom. The molecule has 0 aliphatic carbocycles. The summed E-state index contributed by atoms with van der Waals surface area (Å²) in [4.78, 5) is 2.38. The van der Waals surface area contributed by atoms with Gasteiger partial charge < -0.3 is 9.47 Å². The van der Waals surface area contributed by atoms with E-state index in [9.17, 15) is 0 Å². The van der Waals surface area contributed by atoms with Gasteiger partial charge in [-0.1, -0.05) is 206 Å². The van der Waals surface area contributed by atoms with Gasteiger partial charge in [-0.15, -0.1) is 0 Å². The number of benzene rings is 11. The van der Waals surface area contributed by atoms with Crippen molar-refractivity contribution in [3.05, 3.63) is 267 Å². The summed E-state index contributed by atoms with van der Waals surface area (Å²) < 4.78 is 2.39. The largest absolute Gasteiger partial charge is 0.310 e. The van der Waals surface area contributed by atoms with Gasteiger partial charge in [-0.05, 0) is 127 Å². The van der Waals surface area contributed by atoms with Crippen LogP contribution in [0.4, 0.5) is 17.1 Å². The predicted octanol–water partition coefficient (Wildman–Crippen LogP) is 17.7. The van der Waals surface area contributed by atoms with E-state index in [0.717, 1.165) is 28.3 Å². The average molecular weight is 841 g/mol. The molecule has 310 valence electrons. The van der Waals surface area contributed by atoms with Crippen LogP contribution in [-0.4, -0.2) is 4.57 Å². The summed E-state index contributed by atoms with van der Waals surface area (Å²) in [6, 6.07) is 96.8. The molecule has 0 saturated heterocycles. The molecule has 0 aliphatic heterocycles. The molecule has 12 rings (SSSR count). The zero-order chi connectivity index (χ0) is 43.8. The Morgan fingerprint density at radius 3 is 1.45 bits per heavy atom. The lowest BCUT2D eigenvalue weighted by molar-refractivity contribution is 1.18. The molecule has 1 heterocycles. The van der Waals surface area contributed by atoms with Crippen molar-refractivity contribution in [2.45, 2.75) is 0 Å². The number of hydrogen-bond acceptors (Lipinski definition) is 1. The highest BCUT2D eigenvalue weighted by molar-refractivity contribution is 6.16. The van der Waals surface area contributed by atoms with E-state index in [1.54, 1.807) is 0 Å². The monoisotopic (exact) mass is 840 g/mol. The van der Waals surface area contributed by atoms with E-state index < -0.39 is 0 Å². The third-order valence-corrected chi connectivity index (χ3v) is 13.0. The summed E-state index contributed by atoms with van der Waals surface area (Å²) in [5.74, 6) is 0. The number of aromatic nitrogens is 1. The molecule has 0 atom stereocenters. The van der Waals surface area contributed by atoms with Crippen molar-refractivity contribution in [3.8, 4) is 61.3 Å². The molecule has 0 bridgehead atoms. The molecule has 11 aromatic carbocycles. The van der Waals surface area contributed by atoms with E-state index in [4.69, 9.17) is 0 Å². The molecular weight excluding hydrogens is 797 g/mol. The first kappa shape index (κ1) is 38.9. The number of para-hydroxylation sites is 2. The molecule has 2 nitrogen and oxygen atoms in total. The summed E-state index contributed by atoms with van der Waals surface area (Å²) in [5, 5.41) is 5.02. The first-order valence-electron chi connectivity index (χ1n) is 22.7. The zero-order valence-corrected chi connectivity index (χ0v) is 36.3. The van der Waals surface area contributed by atoms with Gasteiger partial charge in [-0.2, -0.15) is 0 Å². The highest BCUT2D eigenvalue weighted by Crippen LogP contribution is 2.44. The van der Waals surface area contributed by atoms with Crippen LogP contribution in [0.25, 0.3) is 93.9 Å². The lowest BCUT2D eigenvalue weighted by atomic mass is 9.91. The van der Waals surface area contributed by atoms with Gasteiger partial charge in [0.05, 0.1) is 11.0 Å². The minimum Gasteiger partial charge on any atom is -0.310 e. The van der Waals surface area contributed by atoms with Crippen molar-refractivity contribution < 1.29 is 0 Å². The number of rotatable bonds is 9. The van der Waals surface area contributed by atoms with E-state index in [0.29, 0.717) is 0 Å². The first-order chi connectivity index (χ1) is 32.7. The maximum Gasteiger partial charge on any atom is 0.0547 e. The van der Waals surface area contributed by atoms with Gasteiger partial charge in [0, 0.05) is 33.5 Å². The fourth-order valence-electron chi connectivity index (χ4n) is 9.88. The summed E-state index contributed by atoms with van der Waals surface area (Å²) in [6.45, 7) is 0. The Bertz CT molecular complexity index is 3660. The van der Waals surface area contributed by atoms with E-state index in [1.165, 1.54) is 82.6 Å². The summed E-state index contributed by atoms with van der Waals surface area (Å²) in [5.41, 5.74) is 18.8. The van der Waals surface area contributed by atoms with Crippen LogP contribution in [-0.2, 0) is 0 Å². The lowest BCUT2D eigenvalue weighted by Crippen LogP contribution is -2.10. The van der Waals surface area contributed by atoms with Crippen molar-refractivity contribution in [3.63, 3.8) is 0 Å². The average Bonchev–Trinajstić information content (AvgIpc) is 3.74. The molecule has 0 N–H and O–H groups in total. The minimum atomic E-state index is 1.08. The molecule has 0 spiro atoms. The summed E-state index contributed by atoms with van der Waals surface area (Å²) in [7, 11) is 0. The highest BCUT2D eigenvalue weighted by atomic mass is 15.1. The number of fused-ring (bicyclic) bond motifs is 4. The molecule has 0 unspecified atom stereocenters. The fraction of sp³-hybridized carbons (Fsp3) is 0. The van der Waals surface area contributed by atoms with Crippen LogP contribution < -0.4 is 4.90 Å². The van der Waals surface area contributed by atoms with Crippen LogP contribution in [0.3, 0.4) is 0 Å². The molecular formula is C64H44N2. The van der Waals surface area contributed by atoms with Gasteiger partial charge in [-0.3, -0.25) is 0 Å². The standard InChI is InChI=1S/C64H44N2/c1-3-16-45(17-4-1)47-36-40-53(41-37-47)65(54-42-38-48(39-43-54)46-32-34-50(35-33-46)57-28-14-19-49-18-7-8-24-56(49)57)55-23-13-20-51(44-55)58-25-9-10-26-59(58)60-29-15-31-63-64(60)61-27-11-12-30-62(61)66(63)52-21-5-2-6-22-52/h1-44H. The summed E-state index contributed by atoms with van der Waals surface area (Å²) >= 11 is 0. The Morgan fingerprint density at radius 1 is 0.258 bits per heavy atom. The number of hydrogen-bond donors (Lipinski definition) is 0. The third kappa shape index (κ3) is 7.02. The van der Waals surface area contributed by atoms with Crippen LogP contribution >= 0.6 is 0 Å². The van der Waals surface area contributed by atoms with E-state index in [2.05, 4.69) is 276 Å². The first-order valence-corrected chi connectivity index (χ1v) is 22.7. The Labute approximate surface area is 385 Å². The molecule has 0 radical (unpaired) electrons. The van der Waals surface area contributed by atoms with Crippen molar-refractivity contribution in [2.24, 2.45) is 0 Å². The van der Waals surface area contributed by atoms with Crippen LogP contribution in [0.5, 0.6) is 0 Å². The maximum absolute atomic E-state index is 2.39. The van der Waals surface area contributed by atoms with E-state index >= 15 is 0 Å². The molecule has 0 aliphatic rings. The predicted molar refractivity (Wildman–Crippen MR) is 280 cm³/mol. The van der Waals surface area contributed by atoms with Crippen molar-refractivity contribution in [2.75, 3.05) is 4.90 Å². The summed E-state index contributed by atoms with van der Waals surface area (Å²) in [6.07, 6.45) is 0. The van der Waals surface area contributed by atoms with E-state index in [1.807, 2.05) is 0 Å². The molecule has 0 amide bonds. The second kappa shape index (κ2) is 16.8. The fourth-order valence-corrected chi connectivity index (χ4v) is 9.88.